The highest BCUT2D eigenvalue weighted by molar-refractivity contribution is 5.89. The normalized spacial score (nSPS) is 13.6. The summed E-state index contributed by atoms with van der Waals surface area (Å²) < 4.78 is 10.7. The van der Waals surface area contributed by atoms with E-state index >= 15 is 0 Å². The van der Waals surface area contributed by atoms with E-state index in [4.69, 9.17) is 9.26 Å². The predicted molar refractivity (Wildman–Crippen MR) is 87.3 cm³/mol. The van der Waals surface area contributed by atoms with Gasteiger partial charge in [0.2, 0.25) is 0 Å². The van der Waals surface area contributed by atoms with E-state index in [9.17, 15) is 4.79 Å². The molecule has 1 aliphatic heterocycles. The fourth-order valence-corrected chi connectivity index (χ4v) is 2.53. The first-order chi connectivity index (χ1) is 11.6. The molecule has 3 heterocycles. The van der Waals surface area contributed by atoms with Gasteiger partial charge in [-0.15, -0.1) is 0 Å². The van der Waals surface area contributed by atoms with Crippen molar-refractivity contribution in [3.8, 4) is 0 Å². The molecular formula is C16H21N5O3. The molecule has 0 saturated heterocycles. The van der Waals surface area contributed by atoms with Gasteiger partial charge in [-0.1, -0.05) is 5.16 Å². The van der Waals surface area contributed by atoms with Crippen LogP contribution < -0.4 is 10.6 Å². The van der Waals surface area contributed by atoms with Crippen molar-refractivity contribution in [3.63, 3.8) is 0 Å². The van der Waals surface area contributed by atoms with Crippen LogP contribution in [0.2, 0.25) is 0 Å². The van der Waals surface area contributed by atoms with Gasteiger partial charge in [0.1, 0.15) is 11.5 Å². The largest absolute Gasteiger partial charge is 0.376 e. The molecular weight excluding hydrogens is 310 g/mol. The molecule has 8 nitrogen and oxygen atoms in total. The lowest BCUT2D eigenvalue weighted by atomic mass is 10.1. The highest BCUT2D eigenvalue weighted by Crippen LogP contribution is 2.20. The van der Waals surface area contributed by atoms with E-state index in [1.807, 2.05) is 25.1 Å². The van der Waals surface area contributed by atoms with E-state index in [1.165, 1.54) is 0 Å². The smallest absolute Gasteiger partial charge is 0.319 e. The fraction of sp³-hybridized carbons (Fsp3) is 0.438. The Morgan fingerprint density at radius 3 is 3.12 bits per heavy atom. The molecule has 128 valence electrons. The number of nitrogens with zero attached hydrogens (tertiary/aromatic N) is 3. The summed E-state index contributed by atoms with van der Waals surface area (Å²) in [5, 5.41) is 9.60. The molecule has 0 bridgehead atoms. The quantitative estimate of drug-likeness (QED) is 0.863. The van der Waals surface area contributed by atoms with Gasteiger partial charge in [0.25, 0.3) is 0 Å². The third-order valence-corrected chi connectivity index (χ3v) is 3.64. The summed E-state index contributed by atoms with van der Waals surface area (Å²) in [7, 11) is 3.94. The molecule has 0 saturated carbocycles. The average Bonchev–Trinajstić information content (AvgIpc) is 2.96. The zero-order chi connectivity index (χ0) is 16.9. The molecule has 0 atom stereocenters. The van der Waals surface area contributed by atoms with Crippen molar-refractivity contribution < 1.29 is 14.1 Å². The number of urea groups is 1. The minimum absolute atomic E-state index is 0.295. The van der Waals surface area contributed by atoms with Crippen LogP contribution in [0.1, 0.15) is 22.7 Å². The van der Waals surface area contributed by atoms with Gasteiger partial charge in [0.15, 0.2) is 0 Å². The lowest BCUT2D eigenvalue weighted by Gasteiger charge is -2.12. The highest BCUT2D eigenvalue weighted by atomic mass is 16.5. The molecule has 1 aliphatic rings. The van der Waals surface area contributed by atoms with Gasteiger partial charge in [-0.25, -0.2) is 4.79 Å². The summed E-state index contributed by atoms with van der Waals surface area (Å²) in [4.78, 5) is 18.4. The summed E-state index contributed by atoms with van der Waals surface area (Å²) in [5.41, 5.74) is 3.24. The van der Waals surface area contributed by atoms with Crippen LogP contribution in [0.15, 0.2) is 22.9 Å². The molecule has 2 aromatic heterocycles. The Morgan fingerprint density at radius 1 is 1.42 bits per heavy atom. The Morgan fingerprint density at radius 2 is 2.29 bits per heavy atom. The van der Waals surface area contributed by atoms with Crippen LogP contribution in [0.3, 0.4) is 0 Å². The van der Waals surface area contributed by atoms with Crippen LogP contribution in [0.4, 0.5) is 10.5 Å². The minimum atomic E-state index is -0.300. The standard InChI is InChI=1S/C16H21N5O3/c1-21(2)9-12-7-11(3-5-17-12)19-16(22)18-8-14-13-10-23-6-4-15(13)24-20-14/h3,5,7H,4,6,8-10H2,1-2H3,(H2,17,18,19,22). The fourth-order valence-electron chi connectivity index (χ4n) is 2.53. The number of carbonyl (C=O) groups is 1. The molecule has 8 heteroatoms. The van der Waals surface area contributed by atoms with Crippen molar-refractivity contribution >= 4 is 11.7 Å². The lowest BCUT2D eigenvalue weighted by Crippen LogP contribution is -2.29. The second-order valence-corrected chi connectivity index (χ2v) is 5.91. The van der Waals surface area contributed by atoms with Crippen LogP contribution in [0.25, 0.3) is 0 Å². The summed E-state index contributed by atoms with van der Waals surface area (Å²) in [6.45, 7) is 2.13. The van der Waals surface area contributed by atoms with Gasteiger partial charge < -0.3 is 24.8 Å². The zero-order valence-corrected chi connectivity index (χ0v) is 13.8. The van der Waals surface area contributed by atoms with Crippen molar-refractivity contribution in [3.05, 3.63) is 41.0 Å². The first-order valence-corrected chi connectivity index (χ1v) is 7.80. The number of anilines is 1. The van der Waals surface area contributed by atoms with Gasteiger partial charge in [-0.2, -0.15) is 0 Å². The Labute approximate surface area is 140 Å². The molecule has 2 aromatic rings. The zero-order valence-electron chi connectivity index (χ0n) is 13.8. The van der Waals surface area contributed by atoms with Crippen LogP contribution in [-0.2, 0) is 30.9 Å². The number of amides is 2. The van der Waals surface area contributed by atoms with Crippen LogP contribution >= 0.6 is 0 Å². The SMILES string of the molecule is CN(C)Cc1cc(NC(=O)NCc2noc3c2COCC3)ccn1. The Balaban J connectivity index is 1.55. The van der Waals surface area contributed by atoms with Gasteiger partial charge in [-0.3, -0.25) is 4.98 Å². The molecule has 0 aliphatic carbocycles. The Kier molecular flexibility index (Phi) is 5.07. The topological polar surface area (TPSA) is 92.5 Å². The van der Waals surface area contributed by atoms with Crippen molar-refractivity contribution in [2.75, 3.05) is 26.0 Å². The van der Waals surface area contributed by atoms with Crippen LogP contribution in [0, 0.1) is 0 Å². The summed E-state index contributed by atoms with van der Waals surface area (Å²) in [6.07, 6.45) is 2.40. The molecule has 2 amide bonds. The van der Waals surface area contributed by atoms with Gasteiger partial charge >= 0.3 is 6.03 Å². The first-order valence-electron chi connectivity index (χ1n) is 7.80. The molecule has 0 fully saturated rings. The minimum Gasteiger partial charge on any atom is -0.376 e. The Bertz CT molecular complexity index is 713. The van der Waals surface area contributed by atoms with E-state index in [2.05, 4.69) is 20.8 Å². The molecule has 24 heavy (non-hydrogen) atoms. The van der Waals surface area contributed by atoms with E-state index in [0.29, 0.717) is 37.7 Å². The van der Waals surface area contributed by atoms with Crippen LogP contribution in [-0.4, -0.2) is 41.8 Å². The number of ether oxygens (including phenoxy) is 1. The third-order valence-electron chi connectivity index (χ3n) is 3.64. The van der Waals surface area contributed by atoms with E-state index in [-0.39, 0.29) is 6.03 Å². The average molecular weight is 331 g/mol. The van der Waals surface area contributed by atoms with Gasteiger partial charge in [0.05, 0.1) is 25.5 Å². The number of carbonyl (C=O) groups excluding carboxylic acids is 1. The number of nitrogens with one attached hydrogen (secondary N) is 2. The number of pyridine rings is 1. The molecule has 0 unspecified atom stereocenters. The molecule has 0 aromatic carbocycles. The van der Waals surface area contributed by atoms with Crippen molar-refractivity contribution in [2.24, 2.45) is 0 Å². The maximum Gasteiger partial charge on any atom is 0.319 e. The monoisotopic (exact) mass is 331 g/mol. The number of fused-ring (bicyclic) bond motifs is 1. The van der Waals surface area contributed by atoms with E-state index < -0.39 is 0 Å². The summed E-state index contributed by atoms with van der Waals surface area (Å²) in [6, 6.07) is 3.31. The van der Waals surface area contributed by atoms with Crippen molar-refractivity contribution in [2.45, 2.75) is 26.1 Å². The number of hydrogen-bond donors (Lipinski definition) is 2. The predicted octanol–water partition coefficient (Wildman–Crippen LogP) is 1.53. The molecule has 3 rings (SSSR count). The Hall–Kier alpha value is -2.45. The van der Waals surface area contributed by atoms with E-state index in [0.717, 1.165) is 23.4 Å². The summed E-state index contributed by atoms with van der Waals surface area (Å²) in [5.74, 6) is 0.848. The molecule has 0 radical (unpaired) electrons. The second kappa shape index (κ2) is 7.41. The van der Waals surface area contributed by atoms with Crippen LogP contribution in [0.5, 0.6) is 0 Å². The highest BCUT2D eigenvalue weighted by Gasteiger charge is 2.20. The van der Waals surface area contributed by atoms with Crippen molar-refractivity contribution in [1.82, 2.24) is 20.4 Å². The third kappa shape index (κ3) is 4.09. The maximum absolute atomic E-state index is 12.1. The second-order valence-electron chi connectivity index (χ2n) is 5.91. The number of hydrogen-bond acceptors (Lipinski definition) is 6. The molecule has 0 spiro atoms. The van der Waals surface area contributed by atoms with Gasteiger partial charge in [-0.05, 0) is 26.2 Å². The van der Waals surface area contributed by atoms with E-state index in [1.54, 1.807) is 12.3 Å². The molecule has 2 N–H and O–H groups in total. The maximum atomic E-state index is 12.1. The first kappa shape index (κ1) is 16.4. The number of rotatable bonds is 5. The lowest BCUT2D eigenvalue weighted by molar-refractivity contribution is 0.102. The number of aromatic nitrogens is 2. The summed E-state index contributed by atoms with van der Waals surface area (Å²) >= 11 is 0. The van der Waals surface area contributed by atoms with Gasteiger partial charge in [0, 0.05) is 30.4 Å². The van der Waals surface area contributed by atoms with Crippen molar-refractivity contribution in [1.29, 1.82) is 0 Å².